The van der Waals surface area contributed by atoms with Gasteiger partial charge in [-0.05, 0) is 37.5 Å². The Labute approximate surface area is 568 Å². The highest BCUT2D eigenvalue weighted by atomic mass is 31.2. The zero-order valence-electron chi connectivity index (χ0n) is 60.6. The molecule has 0 aromatic carbocycles. The lowest BCUT2D eigenvalue weighted by Gasteiger charge is -2.21. The van der Waals surface area contributed by atoms with Crippen molar-refractivity contribution in [3.05, 3.63) is 0 Å². The van der Waals surface area contributed by atoms with E-state index in [1.807, 2.05) is 0 Å². The van der Waals surface area contributed by atoms with Gasteiger partial charge in [-0.2, -0.15) is 0 Å². The minimum absolute atomic E-state index is 0.106. The van der Waals surface area contributed by atoms with Crippen LogP contribution in [0.1, 0.15) is 382 Å². The summed E-state index contributed by atoms with van der Waals surface area (Å²) in [5, 5.41) is 10.6. The number of rotatable bonds is 73. The number of phosphoric ester groups is 2. The van der Waals surface area contributed by atoms with Crippen molar-refractivity contribution in [1.29, 1.82) is 0 Å². The molecule has 0 aliphatic rings. The summed E-state index contributed by atoms with van der Waals surface area (Å²) in [6.07, 6.45) is 53.1. The number of carbonyl (C=O) groups excluding carboxylic acids is 4. The Morgan fingerprint density at radius 1 is 0.290 bits per heavy atom. The van der Waals surface area contributed by atoms with Gasteiger partial charge in [0.2, 0.25) is 0 Å². The highest BCUT2D eigenvalue weighted by molar-refractivity contribution is 7.47. The summed E-state index contributed by atoms with van der Waals surface area (Å²) in [4.78, 5) is 72.5. The normalized spacial score (nSPS) is 14.1. The van der Waals surface area contributed by atoms with E-state index in [-0.39, 0.29) is 25.7 Å². The molecule has 17 nitrogen and oxygen atoms in total. The first-order chi connectivity index (χ1) is 44.9. The maximum atomic E-state index is 13.1. The van der Waals surface area contributed by atoms with Gasteiger partial charge in [0.05, 0.1) is 26.4 Å². The Balaban J connectivity index is 5.15. The van der Waals surface area contributed by atoms with E-state index in [0.29, 0.717) is 25.7 Å². The maximum absolute atomic E-state index is 13.1. The first kappa shape index (κ1) is 91.1. The van der Waals surface area contributed by atoms with Crippen molar-refractivity contribution in [2.45, 2.75) is 400 Å². The van der Waals surface area contributed by atoms with Gasteiger partial charge in [-0.25, -0.2) is 9.13 Å². The third-order valence-electron chi connectivity index (χ3n) is 17.2. The zero-order chi connectivity index (χ0) is 68.6. The third kappa shape index (κ3) is 68.4. The van der Waals surface area contributed by atoms with Crippen LogP contribution >= 0.6 is 15.6 Å². The lowest BCUT2D eigenvalue weighted by atomic mass is 10.0. The van der Waals surface area contributed by atoms with Gasteiger partial charge in [0.25, 0.3) is 0 Å². The summed E-state index contributed by atoms with van der Waals surface area (Å²) >= 11 is 0. The van der Waals surface area contributed by atoms with Gasteiger partial charge in [-0.1, -0.05) is 330 Å². The van der Waals surface area contributed by atoms with Crippen LogP contribution in [-0.2, 0) is 65.4 Å². The van der Waals surface area contributed by atoms with Crippen molar-refractivity contribution in [3.8, 4) is 0 Å². The van der Waals surface area contributed by atoms with Crippen molar-refractivity contribution >= 4 is 39.5 Å². The summed E-state index contributed by atoms with van der Waals surface area (Å²) < 4.78 is 68.2. The number of hydrogen-bond acceptors (Lipinski definition) is 15. The molecule has 0 fully saturated rings. The molecule has 0 heterocycles. The molecular weight excluding hydrogens is 1220 g/mol. The molecule has 0 saturated heterocycles. The van der Waals surface area contributed by atoms with Gasteiger partial charge >= 0.3 is 39.5 Å². The van der Waals surface area contributed by atoms with Gasteiger partial charge in [0, 0.05) is 25.7 Å². The monoisotopic (exact) mass is 1370 g/mol. The van der Waals surface area contributed by atoms with E-state index in [9.17, 15) is 43.2 Å². The van der Waals surface area contributed by atoms with Crippen LogP contribution in [0.25, 0.3) is 0 Å². The summed E-state index contributed by atoms with van der Waals surface area (Å²) in [7, 11) is -9.90. The first-order valence-electron chi connectivity index (χ1n) is 38.5. The summed E-state index contributed by atoms with van der Waals surface area (Å²) in [6.45, 7) is 9.52. The largest absolute Gasteiger partial charge is 0.472 e. The van der Waals surface area contributed by atoms with Crippen molar-refractivity contribution < 1.29 is 80.2 Å². The van der Waals surface area contributed by atoms with Crippen LogP contribution in [0.4, 0.5) is 0 Å². The molecule has 0 aromatic heterocycles. The molecule has 3 N–H and O–H groups in total. The van der Waals surface area contributed by atoms with Crippen molar-refractivity contribution in [2.75, 3.05) is 39.6 Å². The van der Waals surface area contributed by atoms with Gasteiger partial charge in [0.15, 0.2) is 12.2 Å². The Hall–Kier alpha value is -1.94. The Kier molecular flexibility index (Phi) is 64.6. The van der Waals surface area contributed by atoms with Gasteiger partial charge in [-0.15, -0.1) is 0 Å². The fraction of sp³-hybridized carbons (Fsp3) is 0.946. The zero-order valence-corrected chi connectivity index (χ0v) is 62.3. The molecule has 0 amide bonds. The molecule has 5 atom stereocenters. The van der Waals surface area contributed by atoms with Crippen LogP contribution in [0.5, 0.6) is 0 Å². The van der Waals surface area contributed by atoms with Crippen LogP contribution in [0.3, 0.4) is 0 Å². The quantitative estimate of drug-likeness (QED) is 0.0222. The Morgan fingerprint density at radius 2 is 0.495 bits per heavy atom. The second-order valence-corrected chi connectivity index (χ2v) is 30.5. The molecule has 93 heavy (non-hydrogen) atoms. The van der Waals surface area contributed by atoms with E-state index in [0.717, 1.165) is 108 Å². The lowest BCUT2D eigenvalue weighted by Crippen LogP contribution is -2.30. The molecule has 0 radical (unpaired) electrons. The fourth-order valence-electron chi connectivity index (χ4n) is 11.3. The van der Waals surface area contributed by atoms with Gasteiger partial charge in [0.1, 0.15) is 19.3 Å². The van der Waals surface area contributed by atoms with E-state index in [4.69, 9.17) is 37.0 Å². The number of ether oxygens (including phenoxy) is 4. The third-order valence-corrected chi connectivity index (χ3v) is 19.1. The minimum Gasteiger partial charge on any atom is -0.462 e. The van der Waals surface area contributed by atoms with Gasteiger partial charge in [-0.3, -0.25) is 37.3 Å². The maximum Gasteiger partial charge on any atom is 0.472 e. The lowest BCUT2D eigenvalue weighted by molar-refractivity contribution is -0.161. The van der Waals surface area contributed by atoms with Crippen molar-refractivity contribution in [2.24, 2.45) is 11.8 Å². The van der Waals surface area contributed by atoms with Crippen LogP contribution in [0.15, 0.2) is 0 Å². The molecular formula is C74H144O17P2. The predicted molar refractivity (Wildman–Crippen MR) is 377 cm³/mol. The summed E-state index contributed by atoms with van der Waals surface area (Å²) in [6, 6.07) is 0. The van der Waals surface area contributed by atoms with Crippen molar-refractivity contribution in [1.82, 2.24) is 0 Å². The van der Waals surface area contributed by atoms with Crippen LogP contribution in [0, 0.1) is 11.8 Å². The first-order valence-corrected chi connectivity index (χ1v) is 41.5. The molecule has 19 heteroatoms. The molecule has 0 saturated carbocycles. The van der Waals surface area contributed by atoms with E-state index < -0.39 is 97.5 Å². The molecule has 0 bridgehead atoms. The number of hydrogen-bond donors (Lipinski definition) is 3. The number of phosphoric acid groups is 2. The number of esters is 4. The van der Waals surface area contributed by atoms with Crippen LogP contribution in [-0.4, -0.2) is 96.7 Å². The predicted octanol–water partition coefficient (Wildman–Crippen LogP) is 21.6. The second kappa shape index (κ2) is 66.0. The molecule has 0 aromatic rings. The van der Waals surface area contributed by atoms with Crippen LogP contribution in [0.2, 0.25) is 0 Å². The molecule has 0 aliphatic heterocycles. The summed E-state index contributed by atoms with van der Waals surface area (Å²) in [5.74, 6) is -0.568. The molecule has 2 unspecified atom stereocenters. The Bertz CT molecular complexity index is 1800. The topological polar surface area (TPSA) is 237 Å². The highest BCUT2D eigenvalue weighted by Gasteiger charge is 2.30. The number of unbranched alkanes of at least 4 members (excludes halogenated alkanes) is 43. The number of aliphatic hydroxyl groups is 1. The SMILES string of the molecule is CCCCCCCCCCCCCCCCCCCC(=O)OC[C@H](COP(=O)(O)OC[C@@H](O)COP(=O)(O)OC[C@@H](COC(=O)CCCCCCC)OC(=O)CCCCCCCCCCCCCC(C)C)OC(=O)CCCCCCCCCCCCCCCCC(C)C. The van der Waals surface area contributed by atoms with Gasteiger partial charge < -0.3 is 33.8 Å². The van der Waals surface area contributed by atoms with Crippen molar-refractivity contribution in [3.63, 3.8) is 0 Å². The van der Waals surface area contributed by atoms with E-state index in [1.54, 1.807) is 0 Å². The average Bonchev–Trinajstić information content (AvgIpc) is 2.08. The Morgan fingerprint density at radius 3 is 0.731 bits per heavy atom. The fourth-order valence-corrected chi connectivity index (χ4v) is 12.9. The highest BCUT2D eigenvalue weighted by Crippen LogP contribution is 2.45. The van der Waals surface area contributed by atoms with E-state index in [2.05, 4.69) is 41.5 Å². The van der Waals surface area contributed by atoms with E-state index >= 15 is 0 Å². The van der Waals surface area contributed by atoms with E-state index in [1.165, 1.54) is 193 Å². The average molecular weight is 1370 g/mol. The number of carbonyl (C=O) groups is 4. The second-order valence-electron chi connectivity index (χ2n) is 27.6. The van der Waals surface area contributed by atoms with Crippen LogP contribution < -0.4 is 0 Å². The summed E-state index contributed by atoms with van der Waals surface area (Å²) in [5.41, 5.74) is 0. The molecule has 0 rings (SSSR count). The molecule has 0 aliphatic carbocycles. The standard InChI is InChI=1S/C74H144O17P2/c1-7-9-11-13-14-15-16-17-18-19-20-24-29-34-39-45-51-57-72(77)85-63-70(91-74(79)58-52-46-40-35-30-25-22-21-23-27-32-37-43-48-54-66(3)4)65-89-93(82,83)87-61-68(75)60-86-92(80,81)88-64-69(62-84-71(76)56-50-42-12-10-8-2)90-73(78)59-53-47-41-36-31-26-28-33-38-44-49-55-67(5)6/h66-70,75H,7-65H2,1-6H3,(H,80,81)(H,82,83)/t68-,69+,70+/m0/s1. The minimum atomic E-state index is -4.95. The molecule has 552 valence electrons. The smallest absolute Gasteiger partial charge is 0.462 e. The molecule has 0 spiro atoms. The number of aliphatic hydroxyl groups excluding tert-OH is 1.